The highest BCUT2D eigenvalue weighted by atomic mass is 79.9. The molecule has 2 rings (SSSR count). The third-order valence-corrected chi connectivity index (χ3v) is 5.85. The van der Waals surface area contributed by atoms with Gasteiger partial charge in [0.1, 0.15) is 4.90 Å². The van der Waals surface area contributed by atoms with Gasteiger partial charge in [0, 0.05) is 22.9 Å². The summed E-state index contributed by atoms with van der Waals surface area (Å²) >= 11 is 4.79. The van der Waals surface area contributed by atoms with Crippen molar-refractivity contribution < 1.29 is 8.42 Å². The summed E-state index contributed by atoms with van der Waals surface area (Å²) < 4.78 is 26.9. The first kappa shape index (κ1) is 14.5. The highest BCUT2D eigenvalue weighted by molar-refractivity contribution is 9.10. The van der Waals surface area contributed by atoms with Gasteiger partial charge < -0.3 is 5.73 Å². The second-order valence-electron chi connectivity index (χ2n) is 4.02. The number of nitrogens with zero attached hydrogens (tertiary/aromatic N) is 1. The Bertz CT molecular complexity index is 669. The molecule has 0 saturated heterocycles. The van der Waals surface area contributed by atoms with Crippen LogP contribution in [-0.2, 0) is 16.6 Å². The molecule has 0 atom stereocenters. The number of sulfonamides is 1. The Hall–Kier alpha value is -0.890. The van der Waals surface area contributed by atoms with Gasteiger partial charge in [0.25, 0.3) is 0 Å². The lowest BCUT2D eigenvalue weighted by molar-refractivity contribution is 0.470. The first-order chi connectivity index (χ1) is 8.91. The van der Waals surface area contributed by atoms with Crippen molar-refractivity contribution in [1.82, 2.24) is 4.31 Å². The topological polar surface area (TPSA) is 63.4 Å². The molecule has 2 N–H and O–H groups in total. The molecule has 1 aromatic carbocycles. The number of nitrogen functional groups attached to an aromatic ring is 1. The molecule has 0 fully saturated rings. The predicted octanol–water partition coefficient (Wildman–Crippen LogP) is 2.91. The number of hydrogen-bond donors (Lipinski definition) is 1. The van der Waals surface area contributed by atoms with Gasteiger partial charge >= 0.3 is 0 Å². The van der Waals surface area contributed by atoms with E-state index >= 15 is 0 Å². The van der Waals surface area contributed by atoms with Crippen molar-refractivity contribution in [2.45, 2.75) is 11.4 Å². The van der Waals surface area contributed by atoms with Crippen molar-refractivity contribution in [2.75, 3.05) is 12.8 Å². The molecule has 0 unspecified atom stereocenters. The Morgan fingerprint density at radius 3 is 2.68 bits per heavy atom. The lowest BCUT2D eigenvalue weighted by Gasteiger charge is -2.17. The monoisotopic (exact) mass is 360 g/mol. The SMILES string of the molecule is CN(Cc1cccs1)S(=O)(=O)c1ccc(Br)cc1N. The third-order valence-electron chi connectivity index (χ3n) is 2.62. The van der Waals surface area contributed by atoms with Crippen molar-refractivity contribution >= 4 is 43.0 Å². The molecule has 2 aromatic rings. The Morgan fingerprint density at radius 2 is 2.11 bits per heavy atom. The Labute approximate surface area is 125 Å². The molecule has 0 saturated carbocycles. The van der Waals surface area contributed by atoms with E-state index < -0.39 is 10.0 Å². The van der Waals surface area contributed by atoms with E-state index in [0.29, 0.717) is 6.54 Å². The average Bonchev–Trinajstić information content (AvgIpc) is 2.81. The van der Waals surface area contributed by atoms with E-state index in [9.17, 15) is 8.42 Å². The molecule has 0 aliphatic rings. The standard InChI is InChI=1S/C12H13BrN2O2S2/c1-15(8-10-3-2-6-18-10)19(16,17)12-5-4-9(13)7-11(12)14/h2-7H,8,14H2,1H3. The van der Waals surface area contributed by atoms with Crippen LogP contribution in [0.5, 0.6) is 0 Å². The number of rotatable bonds is 4. The third kappa shape index (κ3) is 3.17. The molecule has 0 amide bonds. The lowest BCUT2D eigenvalue weighted by Crippen LogP contribution is -2.26. The van der Waals surface area contributed by atoms with Crippen LogP contribution in [0.4, 0.5) is 5.69 Å². The van der Waals surface area contributed by atoms with E-state index in [2.05, 4.69) is 15.9 Å². The van der Waals surface area contributed by atoms with Crippen molar-refractivity contribution in [3.05, 3.63) is 45.1 Å². The smallest absolute Gasteiger partial charge is 0.245 e. The van der Waals surface area contributed by atoms with Crippen LogP contribution in [0.25, 0.3) is 0 Å². The van der Waals surface area contributed by atoms with Crippen molar-refractivity contribution in [2.24, 2.45) is 0 Å². The normalized spacial score (nSPS) is 11.9. The highest BCUT2D eigenvalue weighted by Crippen LogP contribution is 2.26. The maximum atomic E-state index is 12.4. The van der Waals surface area contributed by atoms with E-state index in [-0.39, 0.29) is 10.6 Å². The van der Waals surface area contributed by atoms with Gasteiger partial charge in [-0.25, -0.2) is 8.42 Å². The van der Waals surface area contributed by atoms with Gasteiger partial charge in [-0.2, -0.15) is 4.31 Å². The summed E-state index contributed by atoms with van der Waals surface area (Å²) in [6, 6.07) is 8.57. The van der Waals surface area contributed by atoms with Gasteiger partial charge in [0.15, 0.2) is 0 Å². The molecule has 4 nitrogen and oxygen atoms in total. The van der Waals surface area contributed by atoms with Gasteiger partial charge in [0.05, 0.1) is 5.69 Å². The van der Waals surface area contributed by atoms with E-state index in [4.69, 9.17) is 5.73 Å². The predicted molar refractivity (Wildman–Crippen MR) is 81.5 cm³/mol. The first-order valence-electron chi connectivity index (χ1n) is 5.45. The quantitative estimate of drug-likeness (QED) is 0.852. The molecule has 0 radical (unpaired) electrons. The van der Waals surface area contributed by atoms with Crippen LogP contribution in [0.3, 0.4) is 0 Å². The van der Waals surface area contributed by atoms with Crippen LogP contribution in [0, 0.1) is 0 Å². The molecule has 7 heteroatoms. The van der Waals surface area contributed by atoms with E-state index in [1.807, 2.05) is 17.5 Å². The Morgan fingerprint density at radius 1 is 1.37 bits per heavy atom. The first-order valence-corrected chi connectivity index (χ1v) is 8.56. The zero-order valence-electron chi connectivity index (χ0n) is 10.2. The van der Waals surface area contributed by atoms with E-state index in [1.165, 1.54) is 21.7 Å². The molecule has 0 aliphatic heterocycles. The molecule has 0 aliphatic carbocycles. The molecule has 19 heavy (non-hydrogen) atoms. The van der Waals surface area contributed by atoms with Crippen LogP contribution in [0.15, 0.2) is 45.1 Å². The average molecular weight is 361 g/mol. The Kier molecular flexibility index (Phi) is 4.29. The van der Waals surface area contributed by atoms with Crippen LogP contribution in [-0.4, -0.2) is 19.8 Å². The number of thiophene rings is 1. The lowest BCUT2D eigenvalue weighted by atomic mass is 10.3. The molecular weight excluding hydrogens is 348 g/mol. The molecule has 1 heterocycles. The summed E-state index contributed by atoms with van der Waals surface area (Å²) in [6.45, 7) is 0.343. The van der Waals surface area contributed by atoms with Crippen LogP contribution < -0.4 is 5.73 Å². The maximum Gasteiger partial charge on any atom is 0.245 e. The molecular formula is C12H13BrN2O2S2. The maximum absolute atomic E-state index is 12.4. The number of hydrogen-bond acceptors (Lipinski definition) is 4. The second kappa shape index (κ2) is 5.62. The number of benzene rings is 1. The number of halogens is 1. The number of anilines is 1. The highest BCUT2D eigenvalue weighted by Gasteiger charge is 2.23. The van der Waals surface area contributed by atoms with E-state index in [0.717, 1.165) is 9.35 Å². The van der Waals surface area contributed by atoms with Gasteiger partial charge in [0.2, 0.25) is 10.0 Å². The van der Waals surface area contributed by atoms with Gasteiger partial charge in [-0.05, 0) is 29.6 Å². The minimum atomic E-state index is -3.57. The zero-order chi connectivity index (χ0) is 14.0. The molecule has 1 aromatic heterocycles. The fourth-order valence-corrected chi connectivity index (χ4v) is 4.09. The summed E-state index contributed by atoms with van der Waals surface area (Å²) in [7, 11) is -2.02. The molecule has 0 spiro atoms. The van der Waals surface area contributed by atoms with Crippen molar-refractivity contribution in [3.63, 3.8) is 0 Å². The summed E-state index contributed by atoms with van der Waals surface area (Å²) in [5.41, 5.74) is 6.03. The molecule has 0 bridgehead atoms. The Balaban J connectivity index is 2.31. The largest absolute Gasteiger partial charge is 0.398 e. The minimum absolute atomic E-state index is 0.134. The summed E-state index contributed by atoms with van der Waals surface area (Å²) in [4.78, 5) is 1.12. The van der Waals surface area contributed by atoms with Crippen LogP contribution in [0.2, 0.25) is 0 Å². The van der Waals surface area contributed by atoms with E-state index in [1.54, 1.807) is 19.2 Å². The van der Waals surface area contributed by atoms with Crippen molar-refractivity contribution in [3.8, 4) is 0 Å². The van der Waals surface area contributed by atoms with Gasteiger partial charge in [-0.3, -0.25) is 0 Å². The summed E-state index contributed by atoms with van der Waals surface area (Å²) in [5, 5.41) is 1.92. The fourth-order valence-electron chi connectivity index (χ4n) is 1.63. The van der Waals surface area contributed by atoms with Crippen molar-refractivity contribution in [1.29, 1.82) is 0 Å². The molecule has 102 valence electrons. The van der Waals surface area contributed by atoms with Gasteiger partial charge in [-0.15, -0.1) is 11.3 Å². The van der Waals surface area contributed by atoms with Crippen LogP contribution >= 0.6 is 27.3 Å². The fraction of sp³-hybridized carbons (Fsp3) is 0.167. The summed E-state index contributed by atoms with van der Waals surface area (Å²) in [6.07, 6.45) is 0. The zero-order valence-corrected chi connectivity index (χ0v) is 13.4. The summed E-state index contributed by atoms with van der Waals surface area (Å²) in [5.74, 6) is 0. The van der Waals surface area contributed by atoms with Crippen LogP contribution in [0.1, 0.15) is 4.88 Å². The second-order valence-corrected chi connectivity index (χ2v) is 7.98. The minimum Gasteiger partial charge on any atom is -0.398 e. The number of nitrogens with two attached hydrogens (primary N) is 1. The van der Waals surface area contributed by atoms with Gasteiger partial charge in [-0.1, -0.05) is 22.0 Å².